The van der Waals surface area contributed by atoms with Crippen molar-refractivity contribution < 1.29 is 9.47 Å². The molecule has 0 fully saturated rings. The Morgan fingerprint density at radius 3 is 2.38 bits per heavy atom. The maximum absolute atomic E-state index is 6.17. The number of rotatable bonds is 5. The number of hydrogen-bond donors (Lipinski definition) is 1. The van der Waals surface area contributed by atoms with Crippen LogP contribution in [0.15, 0.2) is 30.3 Å². The Balaban J connectivity index is 2.20. The van der Waals surface area contributed by atoms with Crippen LogP contribution in [0.3, 0.4) is 0 Å². The standard InChI is InChI=1S/C20H22ClN3O2/c1-11(2)13-8-6-7-12(3)18(13)23-19-14-9-16(25-4)17(26-5)10-15(14)22-20(21)24-19/h6-11H,1-5H3,(H,22,23,24). The van der Waals surface area contributed by atoms with Gasteiger partial charge in [-0.1, -0.05) is 32.0 Å². The van der Waals surface area contributed by atoms with Gasteiger partial charge in [0.15, 0.2) is 11.5 Å². The number of nitrogens with one attached hydrogen (secondary N) is 1. The summed E-state index contributed by atoms with van der Waals surface area (Å²) < 4.78 is 10.8. The van der Waals surface area contributed by atoms with Crippen molar-refractivity contribution >= 4 is 34.0 Å². The number of hydrogen-bond acceptors (Lipinski definition) is 5. The van der Waals surface area contributed by atoms with Crippen molar-refractivity contribution in [3.63, 3.8) is 0 Å². The van der Waals surface area contributed by atoms with Gasteiger partial charge in [0, 0.05) is 17.1 Å². The molecular weight excluding hydrogens is 350 g/mol. The van der Waals surface area contributed by atoms with Gasteiger partial charge in [0.05, 0.1) is 19.7 Å². The minimum atomic E-state index is 0.173. The molecule has 0 amide bonds. The minimum Gasteiger partial charge on any atom is -0.493 e. The van der Waals surface area contributed by atoms with Crippen molar-refractivity contribution in [1.82, 2.24) is 9.97 Å². The molecule has 0 saturated heterocycles. The number of benzene rings is 2. The van der Waals surface area contributed by atoms with Gasteiger partial charge in [-0.3, -0.25) is 0 Å². The fourth-order valence-corrected chi connectivity index (χ4v) is 3.16. The van der Waals surface area contributed by atoms with Crippen LogP contribution in [-0.2, 0) is 0 Å². The number of aromatic nitrogens is 2. The van der Waals surface area contributed by atoms with Crippen LogP contribution in [0.2, 0.25) is 5.28 Å². The number of fused-ring (bicyclic) bond motifs is 1. The zero-order valence-corrected chi connectivity index (χ0v) is 16.3. The number of aryl methyl sites for hydroxylation is 1. The molecule has 1 heterocycles. The third-order valence-electron chi connectivity index (χ3n) is 4.34. The van der Waals surface area contributed by atoms with Gasteiger partial charge in [-0.25, -0.2) is 4.98 Å². The Kier molecular flexibility index (Phi) is 5.18. The van der Waals surface area contributed by atoms with E-state index in [1.807, 2.05) is 6.07 Å². The molecule has 2 aromatic carbocycles. The van der Waals surface area contributed by atoms with Crippen molar-refractivity contribution in [1.29, 1.82) is 0 Å². The quantitative estimate of drug-likeness (QED) is 0.602. The highest BCUT2D eigenvalue weighted by atomic mass is 35.5. The van der Waals surface area contributed by atoms with Gasteiger partial charge in [-0.2, -0.15) is 4.98 Å². The third kappa shape index (κ3) is 3.40. The largest absolute Gasteiger partial charge is 0.493 e. The monoisotopic (exact) mass is 371 g/mol. The van der Waals surface area contributed by atoms with E-state index in [0.717, 1.165) is 16.6 Å². The lowest BCUT2D eigenvalue weighted by Crippen LogP contribution is -2.03. The molecule has 0 radical (unpaired) electrons. The molecule has 26 heavy (non-hydrogen) atoms. The van der Waals surface area contributed by atoms with E-state index in [-0.39, 0.29) is 5.28 Å². The molecule has 0 aliphatic rings. The first-order valence-corrected chi connectivity index (χ1v) is 8.78. The van der Waals surface area contributed by atoms with Gasteiger partial charge in [0.2, 0.25) is 5.28 Å². The first-order chi connectivity index (χ1) is 12.4. The number of halogens is 1. The number of nitrogens with zero attached hydrogens (tertiary/aromatic N) is 2. The van der Waals surface area contributed by atoms with Gasteiger partial charge in [-0.15, -0.1) is 0 Å². The molecule has 0 spiro atoms. The summed E-state index contributed by atoms with van der Waals surface area (Å²) in [6, 6.07) is 9.92. The van der Waals surface area contributed by atoms with Crippen molar-refractivity contribution in [2.45, 2.75) is 26.7 Å². The first kappa shape index (κ1) is 18.3. The molecular formula is C20H22ClN3O2. The Morgan fingerprint density at radius 2 is 1.73 bits per heavy atom. The normalized spacial score (nSPS) is 11.0. The van der Waals surface area contributed by atoms with Gasteiger partial charge in [0.25, 0.3) is 0 Å². The fourth-order valence-electron chi connectivity index (χ4n) is 2.98. The second kappa shape index (κ2) is 7.38. The lowest BCUT2D eigenvalue weighted by Gasteiger charge is -2.18. The molecule has 0 unspecified atom stereocenters. The fraction of sp³-hybridized carbons (Fsp3) is 0.300. The summed E-state index contributed by atoms with van der Waals surface area (Å²) in [7, 11) is 3.19. The molecule has 0 aliphatic heterocycles. The SMILES string of the molecule is COc1cc2nc(Cl)nc(Nc3c(C)cccc3C(C)C)c2cc1OC. The smallest absolute Gasteiger partial charge is 0.224 e. The Bertz CT molecular complexity index is 957. The molecule has 0 bridgehead atoms. The summed E-state index contributed by atoms with van der Waals surface area (Å²) in [6.07, 6.45) is 0. The second-order valence-electron chi connectivity index (χ2n) is 6.38. The van der Waals surface area contributed by atoms with Crippen LogP contribution < -0.4 is 14.8 Å². The van der Waals surface area contributed by atoms with Crippen molar-refractivity contribution in [3.8, 4) is 11.5 Å². The minimum absolute atomic E-state index is 0.173. The van der Waals surface area contributed by atoms with Crippen molar-refractivity contribution in [3.05, 3.63) is 46.7 Å². The summed E-state index contributed by atoms with van der Waals surface area (Å²) in [5.41, 5.74) is 4.08. The van der Waals surface area contributed by atoms with Crippen LogP contribution in [0.1, 0.15) is 30.9 Å². The van der Waals surface area contributed by atoms with Crippen molar-refractivity contribution in [2.75, 3.05) is 19.5 Å². The van der Waals surface area contributed by atoms with E-state index >= 15 is 0 Å². The highest BCUT2D eigenvalue weighted by molar-refractivity contribution is 6.28. The topological polar surface area (TPSA) is 56.3 Å². The Labute approximate surface area is 158 Å². The first-order valence-electron chi connectivity index (χ1n) is 8.40. The predicted octanol–water partition coefficient (Wildman–Crippen LogP) is 5.48. The zero-order chi connectivity index (χ0) is 18.8. The van der Waals surface area contributed by atoms with Crippen LogP contribution in [0.25, 0.3) is 10.9 Å². The van der Waals surface area contributed by atoms with E-state index in [2.05, 4.69) is 54.3 Å². The Morgan fingerprint density at radius 1 is 1.04 bits per heavy atom. The number of anilines is 2. The lowest BCUT2D eigenvalue weighted by molar-refractivity contribution is 0.356. The van der Waals surface area contributed by atoms with E-state index in [1.165, 1.54) is 5.56 Å². The number of methoxy groups -OCH3 is 2. The molecule has 0 aliphatic carbocycles. The molecule has 1 aromatic heterocycles. The van der Waals surface area contributed by atoms with Gasteiger partial charge in [0.1, 0.15) is 5.82 Å². The molecule has 1 N–H and O–H groups in total. The average molecular weight is 372 g/mol. The third-order valence-corrected chi connectivity index (χ3v) is 4.51. The molecule has 6 heteroatoms. The highest BCUT2D eigenvalue weighted by Crippen LogP contribution is 2.37. The zero-order valence-electron chi connectivity index (χ0n) is 15.6. The predicted molar refractivity (Wildman–Crippen MR) is 106 cm³/mol. The Hall–Kier alpha value is -2.53. The van der Waals surface area contributed by atoms with Crippen LogP contribution in [0, 0.1) is 6.92 Å². The summed E-state index contributed by atoms with van der Waals surface area (Å²) in [5.74, 6) is 2.22. The number of ether oxygens (including phenoxy) is 2. The molecule has 3 rings (SSSR count). The van der Waals surface area contributed by atoms with Crippen LogP contribution in [0.5, 0.6) is 11.5 Å². The van der Waals surface area contributed by atoms with E-state index in [4.69, 9.17) is 21.1 Å². The summed E-state index contributed by atoms with van der Waals surface area (Å²) in [6.45, 7) is 6.40. The van der Waals surface area contributed by atoms with Gasteiger partial charge < -0.3 is 14.8 Å². The van der Waals surface area contributed by atoms with Gasteiger partial charge >= 0.3 is 0 Å². The van der Waals surface area contributed by atoms with E-state index in [0.29, 0.717) is 28.8 Å². The highest BCUT2D eigenvalue weighted by Gasteiger charge is 2.15. The number of para-hydroxylation sites is 1. The molecule has 3 aromatic rings. The van der Waals surface area contributed by atoms with Crippen LogP contribution in [-0.4, -0.2) is 24.2 Å². The van der Waals surface area contributed by atoms with Gasteiger partial charge in [-0.05, 0) is 41.6 Å². The summed E-state index contributed by atoms with van der Waals surface area (Å²) in [5, 5.41) is 4.45. The second-order valence-corrected chi connectivity index (χ2v) is 6.72. The van der Waals surface area contributed by atoms with E-state index in [9.17, 15) is 0 Å². The maximum atomic E-state index is 6.17. The molecule has 0 atom stereocenters. The summed E-state index contributed by atoms with van der Waals surface area (Å²) >= 11 is 6.17. The summed E-state index contributed by atoms with van der Waals surface area (Å²) in [4.78, 5) is 8.74. The van der Waals surface area contributed by atoms with Crippen molar-refractivity contribution in [2.24, 2.45) is 0 Å². The molecule has 136 valence electrons. The molecule has 0 saturated carbocycles. The van der Waals surface area contributed by atoms with E-state index < -0.39 is 0 Å². The van der Waals surface area contributed by atoms with Crippen LogP contribution >= 0.6 is 11.6 Å². The maximum Gasteiger partial charge on any atom is 0.224 e. The van der Waals surface area contributed by atoms with Crippen LogP contribution in [0.4, 0.5) is 11.5 Å². The molecule has 5 nitrogen and oxygen atoms in total. The average Bonchev–Trinajstić information content (AvgIpc) is 2.61. The van der Waals surface area contributed by atoms with E-state index in [1.54, 1.807) is 20.3 Å². The lowest BCUT2D eigenvalue weighted by atomic mass is 9.98.